The van der Waals surface area contributed by atoms with Crippen LogP contribution < -0.4 is 4.74 Å². The Bertz CT molecular complexity index is 725. The summed E-state index contributed by atoms with van der Waals surface area (Å²) in [6.45, 7) is 0. The zero-order valence-electron chi connectivity index (χ0n) is 10.6. The molecule has 0 N–H and O–H groups in total. The number of methoxy groups -OCH3 is 1. The minimum absolute atomic E-state index is 0.393. The molecule has 1 aromatic heterocycles. The first-order valence-corrected chi connectivity index (χ1v) is 6.28. The standard InChI is InChI=1S/C15H10ClNO3/c1-19-10-2-3-11-12(7-10)15(18)20-14(11)6-9-4-5-17-8-13(9)16/h2-8H,1H3/b14-6-. The van der Waals surface area contributed by atoms with Crippen molar-refractivity contribution in [2.45, 2.75) is 0 Å². The molecule has 0 atom stereocenters. The summed E-state index contributed by atoms with van der Waals surface area (Å²) in [5, 5.41) is 0.498. The number of carbonyl (C=O) groups excluding carboxylic acids is 1. The first kappa shape index (κ1) is 12.7. The topological polar surface area (TPSA) is 48.4 Å². The van der Waals surface area contributed by atoms with E-state index < -0.39 is 5.97 Å². The highest BCUT2D eigenvalue weighted by Gasteiger charge is 2.27. The predicted octanol–water partition coefficient (Wildman–Crippen LogP) is 3.41. The number of fused-ring (bicyclic) bond motifs is 1. The van der Waals surface area contributed by atoms with E-state index in [9.17, 15) is 4.79 Å². The Labute approximate surface area is 120 Å². The normalized spacial score (nSPS) is 15.1. The number of benzene rings is 1. The second-order valence-corrected chi connectivity index (χ2v) is 4.61. The number of carbonyl (C=O) groups is 1. The highest BCUT2D eigenvalue weighted by atomic mass is 35.5. The Morgan fingerprint density at radius 1 is 1.30 bits per heavy atom. The fourth-order valence-corrected chi connectivity index (χ4v) is 2.17. The van der Waals surface area contributed by atoms with Crippen LogP contribution in [-0.2, 0) is 4.74 Å². The SMILES string of the molecule is COc1ccc2c(c1)C(=O)O/C2=C\c1ccncc1Cl. The number of nitrogens with zero attached hydrogens (tertiary/aromatic N) is 1. The Balaban J connectivity index is 2.08. The molecule has 2 aromatic rings. The summed E-state index contributed by atoms with van der Waals surface area (Å²) in [5.41, 5.74) is 1.96. The monoisotopic (exact) mass is 287 g/mol. The number of hydrogen-bond donors (Lipinski definition) is 0. The van der Waals surface area contributed by atoms with E-state index in [1.807, 2.05) is 0 Å². The Morgan fingerprint density at radius 3 is 2.90 bits per heavy atom. The van der Waals surface area contributed by atoms with E-state index in [1.165, 1.54) is 0 Å². The minimum Gasteiger partial charge on any atom is -0.497 e. The van der Waals surface area contributed by atoms with Gasteiger partial charge in [0.25, 0.3) is 0 Å². The molecule has 0 aliphatic carbocycles. The highest BCUT2D eigenvalue weighted by molar-refractivity contribution is 6.32. The molecule has 0 fully saturated rings. The van der Waals surface area contributed by atoms with E-state index in [2.05, 4.69) is 4.98 Å². The summed E-state index contributed by atoms with van der Waals surface area (Å²) in [5.74, 6) is 0.694. The molecule has 0 saturated carbocycles. The second kappa shape index (κ2) is 4.98. The number of esters is 1. The summed E-state index contributed by atoms with van der Waals surface area (Å²) in [6, 6.07) is 6.99. The third kappa shape index (κ3) is 2.14. The lowest BCUT2D eigenvalue weighted by atomic mass is 10.1. The quantitative estimate of drug-likeness (QED) is 0.794. The fraction of sp³-hybridized carbons (Fsp3) is 0.0667. The van der Waals surface area contributed by atoms with Crippen molar-refractivity contribution in [3.63, 3.8) is 0 Å². The van der Waals surface area contributed by atoms with Crippen molar-refractivity contribution in [3.05, 3.63) is 58.4 Å². The van der Waals surface area contributed by atoms with E-state index in [0.29, 0.717) is 22.1 Å². The van der Waals surface area contributed by atoms with Gasteiger partial charge in [-0.25, -0.2) is 4.79 Å². The first-order valence-electron chi connectivity index (χ1n) is 5.91. The molecule has 20 heavy (non-hydrogen) atoms. The van der Waals surface area contributed by atoms with Crippen molar-refractivity contribution in [1.29, 1.82) is 0 Å². The zero-order valence-corrected chi connectivity index (χ0v) is 11.3. The van der Waals surface area contributed by atoms with Crippen LogP contribution in [0.3, 0.4) is 0 Å². The molecule has 0 spiro atoms. The van der Waals surface area contributed by atoms with Crippen LogP contribution in [0, 0.1) is 0 Å². The van der Waals surface area contributed by atoms with E-state index in [-0.39, 0.29) is 0 Å². The third-order valence-corrected chi connectivity index (χ3v) is 3.32. The summed E-state index contributed by atoms with van der Waals surface area (Å²) >= 11 is 6.05. The average Bonchev–Trinajstić information content (AvgIpc) is 2.77. The lowest BCUT2D eigenvalue weighted by molar-refractivity contribution is 0.0717. The average molecular weight is 288 g/mol. The van der Waals surface area contributed by atoms with E-state index in [0.717, 1.165) is 11.1 Å². The van der Waals surface area contributed by atoms with Crippen molar-refractivity contribution < 1.29 is 14.3 Å². The van der Waals surface area contributed by atoms with Crippen molar-refractivity contribution in [1.82, 2.24) is 4.98 Å². The van der Waals surface area contributed by atoms with Gasteiger partial charge in [-0.05, 0) is 35.9 Å². The molecular weight excluding hydrogens is 278 g/mol. The molecule has 2 heterocycles. The van der Waals surface area contributed by atoms with Crippen molar-refractivity contribution in [2.24, 2.45) is 0 Å². The van der Waals surface area contributed by atoms with Crippen LogP contribution in [-0.4, -0.2) is 18.1 Å². The van der Waals surface area contributed by atoms with Gasteiger partial charge in [0.05, 0.1) is 17.7 Å². The van der Waals surface area contributed by atoms with Gasteiger partial charge in [0.2, 0.25) is 0 Å². The number of cyclic esters (lactones) is 1. The van der Waals surface area contributed by atoms with Gasteiger partial charge in [0.15, 0.2) is 0 Å². The second-order valence-electron chi connectivity index (χ2n) is 4.21. The van der Waals surface area contributed by atoms with Crippen molar-refractivity contribution in [3.8, 4) is 5.75 Å². The molecule has 0 radical (unpaired) electrons. The lowest BCUT2D eigenvalue weighted by Gasteiger charge is -2.02. The highest BCUT2D eigenvalue weighted by Crippen LogP contribution is 2.34. The molecule has 1 aliphatic rings. The number of halogens is 1. The number of rotatable bonds is 2. The maximum atomic E-state index is 11.9. The molecule has 4 nitrogen and oxygen atoms in total. The Morgan fingerprint density at radius 2 is 2.15 bits per heavy atom. The number of aromatic nitrogens is 1. The van der Waals surface area contributed by atoms with E-state index in [4.69, 9.17) is 21.1 Å². The first-order chi connectivity index (χ1) is 9.69. The molecule has 0 amide bonds. The van der Waals surface area contributed by atoms with Crippen LogP contribution in [0.4, 0.5) is 0 Å². The molecule has 0 bridgehead atoms. The number of pyridine rings is 1. The summed E-state index contributed by atoms with van der Waals surface area (Å²) in [4.78, 5) is 15.8. The van der Waals surface area contributed by atoms with Gasteiger partial charge in [0.1, 0.15) is 11.5 Å². The van der Waals surface area contributed by atoms with Crippen LogP contribution in [0.15, 0.2) is 36.7 Å². The number of hydrogen-bond acceptors (Lipinski definition) is 4. The summed E-state index contributed by atoms with van der Waals surface area (Å²) in [6.07, 6.45) is 4.89. The van der Waals surface area contributed by atoms with Crippen LogP contribution >= 0.6 is 11.6 Å². The molecule has 5 heteroatoms. The van der Waals surface area contributed by atoms with Crippen LogP contribution in [0.1, 0.15) is 21.5 Å². The Kier molecular flexibility index (Phi) is 3.16. The molecule has 0 saturated heterocycles. The maximum absolute atomic E-state index is 11.9. The van der Waals surface area contributed by atoms with Crippen molar-refractivity contribution >= 4 is 29.4 Å². The van der Waals surface area contributed by atoms with Gasteiger partial charge in [-0.2, -0.15) is 0 Å². The Hall–Kier alpha value is -2.33. The summed E-state index contributed by atoms with van der Waals surface area (Å²) in [7, 11) is 1.55. The molecule has 100 valence electrons. The third-order valence-electron chi connectivity index (χ3n) is 3.01. The zero-order chi connectivity index (χ0) is 14.1. The smallest absolute Gasteiger partial charge is 0.344 e. The van der Waals surface area contributed by atoms with E-state index in [1.54, 1.807) is 49.8 Å². The van der Waals surface area contributed by atoms with Gasteiger partial charge in [-0.3, -0.25) is 4.98 Å². The molecule has 0 unspecified atom stereocenters. The van der Waals surface area contributed by atoms with Crippen LogP contribution in [0.25, 0.3) is 11.8 Å². The largest absolute Gasteiger partial charge is 0.497 e. The van der Waals surface area contributed by atoms with Gasteiger partial charge in [-0.15, -0.1) is 0 Å². The molecule has 1 aliphatic heterocycles. The fourth-order valence-electron chi connectivity index (χ4n) is 2.00. The van der Waals surface area contributed by atoms with Gasteiger partial charge in [0, 0.05) is 18.0 Å². The maximum Gasteiger partial charge on any atom is 0.344 e. The lowest BCUT2D eigenvalue weighted by Crippen LogP contribution is -1.94. The summed E-state index contributed by atoms with van der Waals surface area (Å²) < 4.78 is 10.4. The van der Waals surface area contributed by atoms with Crippen molar-refractivity contribution in [2.75, 3.05) is 7.11 Å². The molecule has 1 aromatic carbocycles. The minimum atomic E-state index is -0.393. The van der Waals surface area contributed by atoms with Crippen LogP contribution in [0.2, 0.25) is 5.02 Å². The van der Waals surface area contributed by atoms with Gasteiger partial charge in [-0.1, -0.05) is 11.6 Å². The van der Waals surface area contributed by atoms with Crippen LogP contribution in [0.5, 0.6) is 5.75 Å². The molecule has 3 rings (SSSR count). The van der Waals surface area contributed by atoms with Gasteiger partial charge < -0.3 is 9.47 Å². The van der Waals surface area contributed by atoms with Gasteiger partial charge >= 0.3 is 5.97 Å². The van der Waals surface area contributed by atoms with E-state index >= 15 is 0 Å². The number of ether oxygens (including phenoxy) is 2. The predicted molar refractivity (Wildman–Crippen MR) is 75.5 cm³/mol. The molecular formula is C15H10ClNO3.